The maximum atomic E-state index is 11.7. The van der Waals surface area contributed by atoms with Crippen LogP contribution in [0.4, 0.5) is 16.3 Å². The highest BCUT2D eigenvalue weighted by Crippen LogP contribution is 2.18. The van der Waals surface area contributed by atoms with Gasteiger partial charge in [0.15, 0.2) is 5.82 Å². The summed E-state index contributed by atoms with van der Waals surface area (Å²) in [6, 6.07) is 9.67. The number of carbonyl (C=O) groups excluding carboxylic acids is 1. The Morgan fingerprint density at radius 1 is 1.10 bits per heavy atom. The van der Waals surface area contributed by atoms with E-state index in [1.807, 2.05) is 43.6 Å². The van der Waals surface area contributed by atoms with Crippen molar-refractivity contribution in [2.75, 3.05) is 42.9 Å². The van der Waals surface area contributed by atoms with Crippen molar-refractivity contribution in [3.05, 3.63) is 60.7 Å². The topological polar surface area (TPSA) is 91.2 Å². The molecule has 0 atom stereocenters. The molecule has 2 amide bonds. The van der Waals surface area contributed by atoms with Gasteiger partial charge in [0.25, 0.3) is 0 Å². The number of pyridine rings is 2. The summed E-state index contributed by atoms with van der Waals surface area (Å²) in [5, 5.41) is 9.69. The van der Waals surface area contributed by atoms with Crippen molar-refractivity contribution < 1.29 is 4.79 Å². The van der Waals surface area contributed by atoms with Crippen LogP contribution in [0.15, 0.2) is 55.1 Å². The van der Waals surface area contributed by atoms with Crippen LogP contribution < -0.4 is 15.5 Å². The Balaban J connectivity index is 1.30. The van der Waals surface area contributed by atoms with Gasteiger partial charge in [0.1, 0.15) is 5.82 Å². The lowest BCUT2D eigenvalue weighted by atomic mass is 10.2. The number of anilines is 2. The quantitative estimate of drug-likeness (QED) is 0.652. The van der Waals surface area contributed by atoms with Gasteiger partial charge in [-0.3, -0.25) is 10.2 Å². The number of urea groups is 1. The van der Waals surface area contributed by atoms with Gasteiger partial charge in [0.05, 0.1) is 11.9 Å². The van der Waals surface area contributed by atoms with E-state index in [4.69, 9.17) is 0 Å². The fourth-order valence-electron chi connectivity index (χ4n) is 3.49. The second-order valence-electron chi connectivity index (χ2n) is 7.12. The van der Waals surface area contributed by atoms with Crippen LogP contribution in [0.5, 0.6) is 0 Å². The number of aromatic nitrogens is 4. The predicted octanol–water partition coefficient (Wildman–Crippen LogP) is 2.13. The summed E-state index contributed by atoms with van der Waals surface area (Å²) in [4.78, 5) is 25.2. The van der Waals surface area contributed by atoms with E-state index in [1.165, 1.54) is 0 Å². The number of nitrogens with one attached hydrogen (secondary N) is 2. The van der Waals surface area contributed by atoms with Crippen LogP contribution in [-0.4, -0.2) is 63.4 Å². The van der Waals surface area contributed by atoms with E-state index in [2.05, 4.69) is 41.6 Å². The van der Waals surface area contributed by atoms with Crippen LogP contribution in [0.3, 0.4) is 0 Å². The molecule has 0 aromatic carbocycles. The zero-order valence-electron chi connectivity index (χ0n) is 17.0. The van der Waals surface area contributed by atoms with Crippen molar-refractivity contribution >= 4 is 17.5 Å². The summed E-state index contributed by atoms with van der Waals surface area (Å²) in [5.74, 6) is 1.39. The van der Waals surface area contributed by atoms with E-state index >= 15 is 0 Å². The van der Waals surface area contributed by atoms with Gasteiger partial charge < -0.3 is 10.2 Å². The molecular formula is C21H26N8O. The normalized spacial score (nSPS) is 14.5. The van der Waals surface area contributed by atoms with Gasteiger partial charge in [-0.15, -0.1) is 0 Å². The number of hydrogen-bond acceptors (Lipinski definition) is 6. The number of piperazine rings is 1. The number of nitrogens with zero attached hydrogens (tertiary/aromatic N) is 6. The minimum atomic E-state index is -0.233. The predicted molar refractivity (Wildman–Crippen MR) is 116 cm³/mol. The van der Waals surface area contributed by atoms with Gasteiger partial charge in [-0.25, -0.2) is 19.4 Å². The van der Waals surface area contributed by atoms with Crippen LogP contribution >= 0.6 is 0 Å². The second kappa shape index (κ2) is 9.36. The molecule has 156 valence electrons. The second-order valence-corrected chi connectivity index (χ2v) is 7.12. The SMILES string of the molecule is CCNC(=O)Nc1cc(CN2CCN(c3ccc(-n4cccn4)nc3)CC2)ccn1. The van der Waals surface area contributed by atoms with Crippen LogP contribution in [0.1, 0.15) is 12.5 Å². The minimum absolute atomic E-state index is 0.233. The molecule has 0 radical (unpaired) electrons. The first kappa shape index (κ1) is 19.8. The van der Waals surface area contributed by atoms with E-state index in [9.17, 15) is 4.79 Å². The Labute approximate surface area is 175 Å². The summed E-state index contributed by atoms with van der Waals surface area (Å²) >= 11 is 0. The van der Waals surface area contributed by atoms with Crippen molar-refractivity contribution in [3.63, 3.8) is 0 Å². The summed E-state index contributed by atoms with van der Waals surface area (Å²) in [7, 11) is 0. The molecule has 0 aliphatic carbocycles. The lowest BCUT2D eigenvalue weighted by Gasteiger charge is -2.36. The smallest absolute Gasteiger partial charge is 0.320 e. The van der Waals surface area contributed by atoms with Gasteiger partial charge in [-0.05, 0) is 42.8 Å². The van der Waals surface area contributed by atoms with Crippen molar-refractivity contribution in [2.45, 2.75) is 13.5 Å². The molecule has 1 aliphatic heterocycles. The Bertz CT molecular complexity index is 949. The molecule has 0 bridgehead atoms. The largest absolute Gasteiger partial charge is 0.368 e. The molecule has 0 spiro atoms. The van der Waals surface area contributed by atoms with Crippen molar-refractivity contribution in [1.82, 2.24) is 30.0 Å². The highest BCUT2D eigenvalue weighted by atomic mass is 16.2. The van der Waals surface area contributed by atoms with E-state index in [0.29, 0.717) is 12.4 Å². The maximum Gasteiger partial charge on any atom is 0.320 e. The number of carbonyl (C=O) groups is 1. The van der Waals surface area contributed by atoms with Crippen LogP contribution in [0, 0.1) is 0 Å². The summed E-state index contributed by atoms with van der Waals surface area (Å²) in [6.45, 7) is 7.10. The molecular weight excluding hydrogens is 380 g/mol. The van der Waals surface area contributed by atoms with Gasteiger partial charge in [0.2, 0.25) is 0 Å². The monoisotopic (exact) mass is 406 g/mol. The first-order chi connectivity index (χ1) is 14.7. The lowest BCUT2D eigenvalue weighted by Crippen LogP contribution is -2.46. The Morgan fingerprint density at radius 2 is 1.97 bits per heavy atom. The highest BCUT2D eigenvalue weighted by molar-refractivity contribution is 5.88. The lowest BCUT2D eigenvalue weighted by molar-refractivity contribution is 0.249. The van der Waals surface area contributed by atoms with Crippen LogP contribution in [-0.2, 0) is 6.54 Å². The standard InChI is InChI=1S/C21H26N8O/c1-2-22-21(30)26-19-14-17(6-8-23-19)16-27-10-12-28(13-11-27)18-4-5-20(24-15-18)29-9-3-7-25-29/h3-9,14-15H,2,10-13,16H2,1H3,(H2,22,23,26,30). The zero-order chi connectivity index (χ0) is 20.8. The molecule has 9 nitrogen and oxygen atoms in total. The van der Waals surface area contributed by atoms with Gasteiger partial charge >= 0.3 is 6.03 Å². The average molecular weight is 406 g/mol. The summed E-state index contributed by atoms with van der Waals surface area (Å²) < 4.78 is 1.76. The number of rotatable bonds is 6. The van der Waals surface area contributed by atoms with Crippen molar-refractivity contribution in [1.29, 1.82) is 0 Å². The first-order valence-corrected chi connectivity index (χ1v) is 10.1. The van der Waals surface area contributed by atoms with Crippen LogP contribution in [0.25, 0.3) is 5.82 Å². The molecule has 9 heteroatoms. The van der Waals surface area contributed by atoms with Crippen LogP contribution in [0.2, 0.25) is 0 Å². The molecule has 2 N–H and O–H groups in total. The molecule has 4 heterocycles. The van der Waals surface area contributed by atoms with E-state index in [0.717, 1.165) is 49.8 Å². The maximum absolute atomic E-state index is 11.7. The third-order valence-electron chi connectivity index (χ3n) is 5.02. The van der Waals surface area contributed by atoms with Crippen molar-refractivity contribution in [2.24, 2.45) is 0 Å². The molecule has 4 rings (SSSR count). The zero-order valence-corrected chi connectivity index (χ0v) is 17.0. The number of amides is 2. The van der Waals surface area contributed by atoms with E-state index in [-0.39, 0.29) is 6.03 Å². The molecule has 3 aromatic heterocycles. The molecule has 30 heavy (non-hydrogen) atoms. The Kier molecular flexibility index (Phi) is 6.19. The molecule has 1 saturated heterocycles. The van der Waals surface area contributed by atoms with Gasteiger partial charge in [-0.1, -0.05) is 0 Å². The van der Waals surface area contributed by atoms with E-state index < -0.39 is 0 Å². The average Bonchev–Trinajstić information content (AvgIpc) is 3.30. The summed E-state index contributed by atoms with van der Waals surface area (Å²) in [5.41, 5.74) is 2.26. The minimum Gasteiger partial charge on any atom is -0.368 e. The van der Waals surface area contributed by atoms with E-state index in [1.54, 1.807) is 17.1 Å². The first-order valence-electron chi connectivity index (χ1n) is 10.1. The molecule has 0 saturated carbocycles. The fourth-order valence-corrected chi connectivity index (χ4v) is 3.49. The van der Waals surface area contributed by atoms with Gasteiger partial charge in [-0.2, -0.15) is 5.10 Å². The molecule has 3 aromatic rings. The third-order valence-corrected chi connectivity index (χ3v) is 5.02. The summed E-state index contributed by atoms with van der Waals surface area (Å²) in [6.07, 6.45) is 7.28. The molecule has 0 unspecified atom stereocenters. The highest BCUT2D eigenvalue weighted by Gasteiger charge is 2.18. The fraction of sp³-hybridized carbons (Fsp3) is 0.333. The number of hydrogen-bond donors (Lipinski definition) is 2. The van der Waals surface area contributed by atoms with Gasteiger partial charge in [0, 0.05) is 57.9 Å². The molecule has 1 aliphatic rings. The van der Waals surface area contributed by atoms with Crippen molar-refractivity contribution in [3.8, 4) is 5.82 Å². The Hall–Kier alpha value is -3.46. The third kappa shape index (κ3) is 4.93. The molecule has 1 fully saturated rings. The Morgan fingerprint density at radius 3 is 2.67 bits per heavy atom.